The van der Waals surface area contributed by atoms with Crippen LogP contribution in [-0.2, 0) is 11.2 Å². The summed E-state index contributed by atoms with van der Waals surface area (Å²) in [6, 6.07) is 26.6. The van der Waals surface area contributed by atoms with Crippen LogP contribution in [0.4, 0.5) is 0 Å². The fraction of sp³-hybridized carbons (Fsp3) is 0.296. The summed E-state index contributed by atoms with van der Waals surface area (Å²) in [5.41, 5.74) is 4.27. The monoisotopic (exact) mass is 433 g/mol. The van der Waals surface area contributed by atoms with Gasteiger partial charge in [-0.25, -0.2) is 0 Å². The van der Waals surface area contributed by atoms with Gasteiger partial charge < -0.3 is 4.74 Å². The van der Waals surface area contributed by atoms with Crippen LogP contribution in [0, 0.1) is 0 Å². The molecule has 3 nitrogen and oxygen atoms in total. The van der Waals surface area contributed by atoms with Crippen LogP contribution in [-0.4, -0.2) is 36.9 Å². The third-order valence-corrected chi connectivity index (χ3v) is 6.28. The summed E-state index contributed by atoms with van der Waals surface area (Å²) in [6.07, 6.45) is 4.13. The molecule has 1 heterocycles. The van der Waals surface area contributed by atoms with Gasteiger partial charge in [-0.15, -0.1) is 0 Å². The molecule has 0 bridgehead atoms. The Bertz CT molecular complexity index is 957. The number of nitrogens with zero attached hydrogens (tertiary/aromatic N) is 1. The summed E-state index contributed by atoms with van der Waals surface area (Å²) < 4.78 is 6.53. The van der Waals surface area contributed by atoms with Crippen molar-refractivity contribution in [1.82, 2.24) is 4.90 Å². The van der Waals surface area contributed by atoms with Crippen molar-refractivity contribution in [2.45, 2.75) is 31.4 Å². The van der Waals surface area contributed by atoms with E-state index in [-0.39, 0.29) is 6.10 Å². The summed E-state index contributed by atoms with van der Waals surface area (Å²) in [6.45, 7) is 2.81. The van der Waals surface area contributed by atoms with Gasteiger partial charge in [0, 0.05) is 23.2 Å². The first kappa shape index (κ1) is 21.8. The highest BCUT2D eigenvalue weighted by molar-refractivity contribution is 6.30. The molecule has 1 aliphatic rings. The largest absolute Gasteiger partial charge is 0.367 e. The number of benzene rings is 3. The maximum atomic E-state index is 10.8. The molecule has 1 aliphatic heterocycles. The number of hydrogen-bond acceptors (Lipinski definition) is 3. The van der Waals surface area contributed by atoms with E-state index in [0.717, 1.165) is 53.9 Å². The topological polar surface area (TPSA) is 29.5 Å². The highest BCUT2D eigenvalue weighted by atomic mass is 35.5. The van der Waals surface area contributed by atoms with Gasteiger partial charge >= 0.3 is 0 Å². The number of rotatable bonds is 9. The maximum absolute atomic E-state index is 10.8. The Labute approximate surface area is 189 Å². The molecule has 1 saturated heterocycles. The molecule has 0 aromatic heterocycles. The lowest BCUT2D eigenvalue weighted by Crippen LogP contribution is -2.35. The van der Waals surface area contributed by atoms with Gasteiger partial charge in [-0.2, -0.15) is 0 Å². The molecule has 0 aliphatic carbocycles. The Morgan fingerprint density at radius 1 is 0.968 bits per heavy atom. The number of carbonyl (C=O) groups is 1. The molecule has 0 N–H and O–H groups in total. The Hall–Kier alpha value is -2.46. The lowest BCUT2D eigenvalue weighted by Gasteiger charge is -2.27. The van der Waals surface area contributed by atoms with Gasteiger partial charge in [0.1, 0.15) is 12.4 Å². The predicted molar refractivity (Wildman–Crippen MR) is 126 cm³/mol. The summed E-state index contributed by atoms with van der Waals surface area (Å²) >= 11 is 6.10. The molecule has 0 saturated carbocycles. The summed E-state index contributed by atoms with van der Waals surface area (Å²) in [5.74, 6) is 0. The maximum Gasteiger partial charge on any atom is 0.150 e. The number of halogens is 1. The molecule has 1 fully saturated rings. The van der Waals surface area contributed by atoms with Gasteiger partial charge in [0.2, 0.25) is 0 Å². The average molecular weight is 434 g/mol. The van der Waals surface area contributed by atoms with Crippen LogP contribution >= 0.6 is 11.6 Å². The van der Waals surface area contributed by atoms with Crippen LogP contribution in [0.15, 0.2) is 78.9 Å². The Morgan fingerprint density at radius 2 is 1.68 bits per heavy atom. The first-order valence-electron chi connectivity index (χ1n) is 10.9. The number of carbonyl (C=O) groups excluding carboxylic acids is 1. The minimum absolute atomic E-state index is 0.100. The zero-order chi connectivity index (χ0) is 21.5. The van der Waals surface area contributed by atoms with E-state index in [2.05, 4.69) is 53.4 Å². The molecule has 160 valence electrons. The van der Waals surface area contributed by atoms with Crippen molar-refractivity contribution in [3.8, 4) is 0 Å². The normalized spacial score (nSPS) is 17.5. The van der Waals surface area contributed by atoms with E-state index in [0.29, 0.717) is 12.6 Å². The summed E-state index contributed by atoms with van der Waals surface area (Å²) in [7, 11) is 0. The zero-order valence-corrected chi connectivity index (χ0v) is 18.4. The smallest absolute Gasteiger partial charge is 0.150 e. The molecule has 2 unspecified atom stereocenters. The van der Waals surface area contributed by atoms with Crippen LogP contribution in [0.1, 0.15) is 46.0 Å². The number of likely N-dealkylation sites (tertiary alicyclic amines) is 1. The first-order valence-corrected chi connectivity index (χ1v) is 11.3. The van der Waals surface area contributed by atoms with Gasteiger partial charge in [-0.05, 0) is 54.6 Å². The van der Waals surface area contributed by atoms with Crippen LogP contribution in [0.2, 0.25) is 5.02 Å². The van der Waals surface area contributed by atoms with Crippen LogP contribution in [0.3, 0.4) is 0 Å². The molecule has 0 radical (unpaired) electrons. The second kappa shape index (κ2) is 10.7. The highest BCUT2D eigenvalue weighted by Crippen LogP contribution is 2.29. The van der Waals surface area contributed by atoms with Crippen LogP contribution < -0.4 is 0 Å². The van der Waals surface area contributed by atoms with Crippen molar-refractivity contribution in [1.29, 1.82) is 0 Å². The molecule has 4 rings (SSSR count). The second-order valence-electron chi connectivity index (χ2n) is 8.12. The molecule has 2 atom stereocenters. The minimum Gasteiger partial charge on any atom is -0.367 e. The molecular formula is C27H28ClNO2. The lowest BCUT2D eigenvalue weighted by molar-refractivity contribution is 0.0381. The van der Waals surface area contributed by atoms with E-state index in [4.69, 9.17) is 16.3 Å². The van der Waals surface area contributed by atoms with E-state index in [1.165, 1.54) is 12.0 Å². The third kappa shape index (κ3) is 5.82. The number of aldehydes is 1. The molecule has 0 amide bonds. The molecule has 0 spiro atoms. The molecule has 3 aromatic carbocycles. The number of ether oxygens (including phenoxy) is 1. The Morgan fingerprint density at radius 3 is 2.39 bits per heavy atom. The van der Waals surface area contributed by atoms with Crippen molar-refractivity contribution < 1.29 is 9.53 Å². The minimum atomic E-state index is -0.100. The molecular weight excluding hydrogens is 406 g/mol. The molecule has 4 heteroatoms. The van der Waals surface area contributed by atoms with Gasteiger partial charge in [0.05, 0.1) is 6.61 Å². The van der Waals surface area contributed by atoms with E-state index in [9.17, 15) is 4.79 Å². The molecule has 31 heavy (non-hydrogen) atoms. The van der Waals surface area contributed by atoms with Crippen molar-refractivity contribution in [3.63, 3.8) is 0 Å². The highest BCUT2D eigenvalue weighted by Gasteiger charge is 2.26. The standard InChI is InChI=1S/C27H28ClNO2/c28-25-14-12-24(13-15-25)27(23-5-2-1-3-6-23)31-20-26-7-4-17-29(26)18-16-21-8-10-22(19-30)11-9-21/h1-3,5-6,8-15,19,26-27H,4,7,16-18,20H2. The average Bonchev–Trinajstić information content (AvgIpc) is 3.27. The summed E-state index contributed by atoms with van der Waals surface area (Å²) in [4.78, 5) is 13.4. The van der Waals surface area contributed by atoms with E-state index in [1.807, 2.05) is 30.3 Å². The predicted octanol–water partition coefficient (Wildman–Crippen LogP) is 5.97. The van der Waals surface area contributed by atoms with Gasteiger partial charge in [-0.3, -0.25) is 9.69 Å². The molecule has 3 aromatic rings. The van der Waals surface area contributed by atoms with Gasteiger partial charge in [0.25, 0.3) is 0 Å². The van der Waals surface area contributed by atoms with Crippen LogP contribution in [0.25, 0.3) is 0 Å². The number of hydrogen-bond donors (Lipinski definition) is 0. The lowest BCUT2D eigenvalue weighted by atomic mass is 10.0. The second-order valence-corrected chi connectivity index (χ2v) is 8.55. The summed E-state index contributed by atoms with van der Waals surface area (Å²) in [5, 5.41) is 0.735. The van der Waals surface area contributed by atoms with E-state index in [1.54, 1.807) is 0 Å². The first-order chi connectivity index (χ1) is 15.2. The Balaban J connectivity index is 1.39. The van der Waals surface area contributed by atoms with Gasteiger partial charge in [0.15, 0.2) is 0 Å². The quantitative estimate of drug-likeness (QED) is 0.389. The van der Waals surface area contributed by atoms with Crippen molar-refractivity contribution in [2.75, 3.05) is 19.7 Å². The van der Waals surface area contributed by atoms with Crippen molar-refractivity contribution in [2.24, 2.45) is 0 Å². The van der Waals surface area contributed by atoms with Crippen molar-refractivity contribution >= 4 is 17.9 Å². The fourth-order valence-corrected chi connectivity index (χ4v) is 4.40. The van der Waals surface area contributed by atoms with E-state index < -0.39 is 0 Å². The van der Waals surface area contributed by atoms with E-state index >= 15 is 0 Å². The van der Waals surface area contributed by atoms with Gasteiger partial charge in [-0.1, -0.05) is 78.3 Å². The third-order valence-electron chi connectivity index (χ3n) is 6.03. The Kier molecular flexibility index (Phi) is 7.52. The van der Waals surface area contributed by atoms with Crippen LogP contribution in [0.5, 0.6) is 0 Å². The SMILES string of the molecule is O=Cc1ccc(CCN2CCCC2COC(c2ccccc2)c2ccc(Cl)cc2)cc1. The fourth-order valence-electron chi connectivity index (χ4n) is 4.27. The zero-order valence-electron chi connectivity index (χ0n) is 17.6. The van der Waals surface area contributed by atoms with Crippen molar-refractivity contribution in [3.05, 3.63) is 106 Å².